The van der Waals surface area contributed by atoms with E-state index in [0.29, 0.717) is 0 Å². The maximum Gasteiger partial charge on any atom is 0.130 e. The van der Waals surface area contributed by atoms with E-state index in [2.05, 4.69) is 4.98 Å². The fraction of sp³-hybridized carbons (Fsp3) is 0.353. The predicted molar refractivity (Wildman–Crippen MR) is 79.5 cm³/mol. The van der Waals surface area contributed by atoms with Gasteiger partial charge in [-0.2, -0.15) is 0 Å². The lowest BCUT2D eigenvalue weighted by molar-refractivity contribution is -0.0947. The van der Waals surface area contributed by atoms with Crippen molar-refractivity contribution >= 4 is 0 Å². The minimum absolute atomic E-state index is 0.187. The van der Waals surface area contributed by atoms with E-state index < -0.39 is 5.60 Å². The molecule has 1 N–H and O–H groups in total. The van der Waals surface area contributed by atoms with Gasteiger partial charge in [0.2, 0.25) is 0 Å². The number of nitrogens with zero attached hydrogens (tertiary/aromatic N) is 1. The van der Waals surface area contributed by atoms with Gasteiger partial charge in [0.05, 0.1) is 0 Å². The van der Waals surface area contributed by atoms with Gasteiger partial charge in [-0.3, -0.25) is 4.98 Å². The number of hydrogen-bond acceptors (Lipinski definition) is 3. The van der Waals surface area contributed by atoms with Crippen LogP contribution in [0.15, 0.2) is 54.9 Å². The summed E-state index contributed by atoms with van der Waals surface area (Å²) in [5.74, 6) is 0.749. The molecule has 2 aromatic rings. The first kappa shape index (κ1) is 14.5. The highest BCUT2D eigenvalue weighted by Crippen LogP contribution is 2.39. The smallest absolute Gasteiger partial charge is 0.130 e. The van der Waals surface area contributed by atoms with Gasteiger partial charge in [-0.1, -0.05) is 45.0 Å². The SMILES string of the molecule is CC(C)(C)C(O)(COc1ccccc1)c1cccnc1. The van der Waals surface area contributed by atoms with Crippen LogP contribution in [0, 0.1) is 5.41 Å². The highest BCUT2D eigenvalue weighted by atomic mass is 16.5. The van der Waals surface area contributed by atoms with Crippen LogP contribution in [0.4, 0.5) is 0 Å². The molecule has 0 aliphatic carbocycles. The number of para-hydroxylation sites is 1. The number of ether oxygens (including phenoxy) is 1. The average Bonchev–Trinajstić information content (AvgIpc) is 2.45. The molecule has 3 nitrogen and oxygen atoms in total. The van der Waals surface area contributed by atoms with Crippen LogP contribution in [0.3, 0.4) is 0 Å². The Kier molecular flexibility index (Phi) is 4.09. The van der Waals surface area contributed by atoms with E-state index in [9.17, 15) is 5.11 Å². The van der Waals surface area contributed by atoms with E-state index in [1.807, 2.05) is 63.2 Å². The number of aromatic nitrogens is 1. The molecular weight excluding hydrogens is 250 g/mol. The van der Waals surface area contributed by atoms with E-state index in [4.69, 9.17) is 4.74 Å². The molecule has 3 heteroatoms. The van der Waals surface area contributed by atoms with Crippen LogP contribution in [-0.2, 0) is 5.60 Å². The lowest BCUT2D eigenvalue weighted by Gasteiger charge is -2.40. The van der Waals surface area contributed by atoms with Crippen molar-refractivity contribution in [2.45, 2.75) is 26.4 Å². The van der Waals surface area contributed by atoms with Crippen LogP contribution in [0.1, 0.15) is 26.3 Å². The van der Waals surface area contributed by atoms with Crippen molar-refractivity contribution in [1.82, 2.24) is 4.98 Å². The Hall–Kier alpha value is -1.87. The summed E-state index contributed by atoms with van der Waals surface area (Å²) in [7, 11) is 0. The molecule has 0 saturated carbocycles. The van der Waals surface area contributed by atoms with Gasteiger partial charge in [0.25, 0.3) is 0 Å². The molecule has 2 rings (SSSR count). The summed E-state index contributed by atoms with van der Waals surface area (Å²) in [6, 6.07) is 13.2. The molecule has 1 aromatic heterocycles. The lowest BCUT2D eigenvalue weighted by atomic mass is 9.73. The van der Waals surface area contributed by atoms with Gasteiger partial charge in [0.15, 0.2) is 0 Å². The van der Waals surface area contributed by atoms with Crippen LogP contribution < -0.4 is 4.74 Å². The molecule has 1 unspecified atom stereocenters. The quantitative estimate of drug-likeness (QED) is 0.926. The molecule has 0 fully saturated rings. The van der Waals surface area contributed by atoms with Crippen molar-refractivity contribution in [2.24, 2.45) is 5.41 Å². The maximum absolute atomic E-state index is 11.1. The fourth-order valence-corrected chi connectivity index (χ4v) is 2.04. The van der Waals surface area contributed by atoms with Gasteiger partial charge in [-0.15, -0.1) is 0 Å². The number of hydrogen-bond donors (Lipinski definition) is 1. The van der Waals surface area contributed by atoms with Crippen molar-refractivity contribution in [2.75, 3.05) is 6.61 Å². The molecule has 1 atom stereocenters. The Labute approximate surface area is 120 Å². The molecule has 1 heterocycles. The molecule has 0 aliphatic heterocycles. The fourth-order valence-electron chi connectivity index (χ4n) is 2.04. The first-order chi connectivity index (χ1) is 9.43. The molecule has 0 radical (unpaired) electrons. The van der Waals surface area contributed by atoms with Crippen LogP contribution in [0.25, 0.3) is 0 Å². The van der Waals surface area contributed by atoms with Crippen LogP contribution in [-0.4, -0.2) is 16.7 Å². The van der Waals surface area contributed by atoms with Crippen molar-refractivity contribution in [1.29, 1.82) is 0 Å². The summed E-state index contributed by atoms with van der Waals surface area (Å²) in [4.78, 5) is 4.10. The normalized spacial score (nSPS) is 14.6. The third-order valence-corrected chi connectivity index (χ3v) is 3.57. The van der Waals surface area contributed by atoms with Gasteiger partial charge < -0.3 is 9.84 Å². The standard InChI is InChI=1S/C17H21NO2/c1-16(2,3)17(19,14-8-7-11-18-12-14)13-20-15-9-5-4-6-10-15/h4-12,19H,13H2,1-3H3. The summed E-state index contributed by atoms with van der Waals surface area (Å²) >= 11 is 0. The molecule has 106 valence electrons. The third-order valence-electron chi connectivity index (χ3n) is 3.57. The second-order valence-electron chi connectivity index (χ2n) is 5.95. The minimum Gasteiger partial charge on any atom is -0.490 e. The van der Waals surface area contributed by atoms with Crippen molar-refractivity contribution < 1.29 is 9.84 Å². The minimum atomic E-state index is -1.10. The molecule has 0 bridgehead atoms. The summed E-state index contributed by atoms with van der Waals surface area (Å²) in [6.45, 7) is 6.17. The highest BCUT2D eigenvalue weighted by Gasteiger charge is 2.42. The Balaban J connectivity index is 2.25. The van der Waals surface area contributed by atoms with Gasteiger partial charge in [-0.25, -0.2) is 0 Å². The van der Waals surface area contributed by atoms with E-state index in [-0.39, 0.29) is 12.0 Å². The average molecular weight is 271 g/mol. The zero-order valence-electron chi connectivity index (χ0n) is 12.2. The Morgan fingerprint density at radius 3 is 2.30 bits per heavy atom. The first-order valence-corrected chi connectivity index (χ1v) is 6.74. The summed E-state index contributed by atoms with van der Waals surface area (Å²) < 4.78 is 5.77. The summed E-state index contributed by atoms with van der Waals surface area (Å²) in [6.07, 6.45) is 3.39. The highest BCUT2D eigenvalue weighted by molar-refractivity contribution is 5.24. The molecule has 0 amide bonds. The number of pyridine rings is 1. The van der Waals surface area contributed by atoms with Gasteiger partial charge in [-0.05, 0) is 23.6 Å². The molecule has 0 spiro atoms. The van der Waals surface area contributed by atoms with Crippen molar-refractivity contribution in [3.63, 3.8) is 0 Å². The van der Waals surface area contributed by atoms with Gasteiger partial charge in [0.1, 0.15) is 18.0 Å². The van der Waals surface area contributed by atoms with E-state index in [0.717, 1.165) is 11.3 Å². The van der Waals surface area contributed by atoms with Gasteiger partial charge >= 0.3 is 0 Å². The van der Waals surface area contributed by atoms with E-state index in [1.165, 1.54) is 0 Å². The lowest BCUT2D eigenvalue weighted by Crippen LogP contribution is -2.45. The maximum atomic E-state index is 11.1. The van der Waals surface area contributed by atoms with E-state index in [1.54, 1.807) is 12.4 Å². The summed E-state index contributed by atoms with van der Waals surface area (Å²) in [5, 5.41) is 11.1. The molecule has 20 heavy (non-hydrogen) atoms. The molecule has 0 aliphatic rings. The Morgan fingerprint density at radius 1 is 1.05 bits per heavy atom. The largest absolute Gasteiger partial charge is 0.490 e. The van der Waals surface area contributed by atoms with Crippen LogP contribution in [0.5, 0.6) is 5.75 Å². The number of benzene rings is 1. The topological polar surface area (TPSA) is 42.4 Å². The third kappa shape index (κ3) is 2.99. The number of rotatable bonds is 4. The van der Waals surface area contributed by atoms with E-state index >= 15 is 0 Å². The van der Waals surface area contributed by atoms with Gasteiger partial charge in [0, 0.05) is 18.0 Å². The van der Waals surface area contributed by atoms with Crippen molar-refractivity contribution in [3.8, 4) is 5.75 Å². The van der Waals surface area contributed by atoms with Crippen LogP contribution >= 0.6 is 0 Å². The molecular formula is C17H21NO2. The second-order valence-corrected chi connectivity index (χ2v) is 5.95. The predicted octanol–water partition coefficient (Wildman–Crippen LogP) is 3.39. The number of aliphatic hydroxyl groups is 1. The Bertz CT molecular complexity index is 534. The first-order valence-electron chi connectivity index (χ1n) is 6.74. The summed E-state index contributed by atoms with van der Waals surface area (Å²) in [5.41, 5.74) is -0.703. The molecule has 1 aromatic carbocycles. The zero-order valence-corrected chi connectivity index (χ0v) is 12.2. The monoisotopic (exact) mass is 271 g/mol. The van der Waals surface area contributed by atoms with Crippen LogP contribution in [0.2, 0.25) is 0 Å². The Morgan fingerprint density at radius 2 is 1.75 bits per heavy atom. The molecule has 0 saturated heterocycles. The second kappa shape index (κ2) is 5.63. The van der Waals surface area contributed by atoms with Crippen molar-refractivity contribution in [3.05, 3.63) is 60.4 Å². The zero-order chi connectivity index (χ0) is 14.6.